The summed E-state index contributed by atoms with van der Waals surface area (Å²) in [7, 11) is 3.24. The minimum atomic E-state index is -0.239. The minimum absolute atomic E-state index is 0.239. The summed E-state index contributed by atoms with van der Waals surface area (Å²) in [6.07, 6.45) is 3.13. The molecule has 4 nitrogen and oxygen atoms in total. The van der Waals surface area contributed by atoms with Crippen LogP contribution >= 0.6 is 0 Å². The van der Waals surface area contributed by atoms with E-state index in [1.807, 2.05) is 18.2 Å². The molecule has 1 aromatic rings. The summed E-state index contributed by atoms with van der Waals surface area (Å²) in [6.45, 7) is 0. The summed E-state index contributed by atoms with van der Waals surface area (Å²) in [4.78, 5) is 10.6. The molecular weight excluding hydrogens is 218 g/mol. The van der Waals surface area contributed by atoms with Crippen molar-refractivity contribution in [3.05, 3.63) is 23.8 Å². The number of rotatable bonds is 7. The molecule has 0 unspecified atom stereocenters. The summed E-state index contributed by atoms with van der Waals surface area (Å²) in [5.41, 5.74) is 6.25. The van der Waals surface area contributed by atoms with Crippen LogP contribution in [0.1, 0.15) is 24.8 Å². The Bertz CT molecular complexity index is 377. The standard InChI is InChI=1S/C13H19NO3/c1-16-11-8-7-10(9-12(11)17-2)5-3-4-6-13(14)15/h7-9H,3-6H2,1-2H3,(H2,14,15). The van der Waals surface area contributed by atoms with Crippen molar-refractivity contribution in [1.29, 1.82) is 0 Å². The van der Waals surface area contributed by atoms with E-state index >= 15 is 0 Å². The van der Waals surface area contributed by atoms with Crippen LogP contribution in [0.5, 0.6) is 11.5 Å². The lowest BCUT2D eigenvalue weighted by Gasteiger charge is -2.09. The zero-order chi connectivity index (χ0) is 12.7. The number of primary amides is 1. The van der Waals surface area contributed by atoms with Gasteiger partial charge in [-0.05, 0) is 37.0 Å². The fourth-order valence-corrected chi connectivity index (χ4v) is 1.66. The van der Waals surface area contributed by atoms with Crippen molar-refractivity contribution in [3.8, 4) is 11.5 Å². The molecule has 0 saturated carbocycles. The predicted molar refractivity (Wildman–Crippen MR) is 66.3 cm³/mol. The Hall–Kier alpha value is -1.71. The first-order valence-electron chi connectivity index (χ1n) is 5.66. The van der Waals surface area contributed by atoms with Gasteiger partial charge in [0.15, 0.2) is 11.5 Å². The van der Waals surface area contributed by atoms with E-state index in [-0.39, 0.29) is 5.91 Å². The van der Waals surface area contributed by atoms with Crippen molar-refractivity contribution in [2.45, 2.75) is 25.7 Å². The number of carbonyl (C=O) groups excluding carboxylic acids is 1. The number of benzene rings is 1. The first kappa shape index (κ1) is 13.4. The SMILES string of the molecule is COc1ccc(CCCCC(N)=O)cc1OC. The largest absolute Gasteiger partial charge is 0.493 e. The number of amides is 1. The zero-order valence-electron chi connectivity index (χ0n) is 10.4. The highest BCUT2D eigenvalue weighted by Crippen LogP contribution is 2.28. The highest BCUT2D eigenvalue weighted by atomic mass is 16.5. The number of hydrogen-bond donors (Lipinski definition) is 1. The van der Waals surface area contributed by atoms with Crippen LogP contribution in [0.4, 0.5) is 0 Å². The van der Waals surface area contributed by atoms with Crippen LogP contribution in [0, 0.1) is 0 Å². The molecule has 94 valence electrons. The Morgan fingerprint density at radius 1 is 1.18 bits per heavy atom. The van der Waals surface area contributed by atoms with Gasteiger partial charge in [-0.15, -0.1) is 0 Å². The van der Waals surface area contributed by atoms with Gasteiger partial charge >= 0.3 is 0 Å². The average Bonchev–Trinajstić information content (AvgIpc) is 2.34. The van der Waals surface area contributed by atoms with Crippen LogP contribution in [0.2, 0.25) is 0 Å². The Balaban J connectivity index is 2.51. The van der Waals surface area contributed by atoms with Crippen molar-refractivity contribution in [1.82, 2.24) is 0 Å². The summed E-state index contributed by atoms with van der Waals surface area (Å²) in [6, 6.07) is 5.86. The van der Waals surface area contributed by atoms with Crippen molar-refractivity contribution in [3.63, 3.8) is 0 Å². The van der Waals surface area contributed by atoms with Crippen LogP contribution in [-0.4, -0.2) is 20.1 Å². The molecule has 1 rings (SSSR count). The van der Waals surface area contributed by atoms with Gasteiger partial charge in [0.25, 0.3) is 0 Å². The molecule has 0 fully saturated rings. The number of nitrogens with two attached hydrogens (primary N) is 1. The topological polar surface area (TPSA) is 61.5 Å². The first-order valence-corrected chi connectivity index (χ1v) is 5.66. The molecule has 0 bridgehead atoms. The fraction of sp³-hybridized carbons (Fsp3) is 0.462. The maximum atomic E-state index is 10.6. The van der Waals surface area contributed by atoms with E-state index in [1.165, 1.54) is 5.56 Å². The molecule has 0 heterocycles. The van der Waals surface area contributed by atoms with Gasteiger partial charge in [0, 0.05) is 6.42 Å². The van der Waals surface area contributed by atoms with Gasteiger partial charge in [-0.1, -0.05) is 6.07 Å². The van der Waals surface area contributed by atoms with E-state index < -0.39 is 0 Å². The highest BCUT2D eigenvalue weighted by molar-refractivity contribution is 5.73. The van der Waals surface area contributed by atoms with Crippen LogP contribution in [0.3, 0.4) is 0 Å². The van der Waals surface area contributed by atoms with Gasteiger partial charge in [0.2, 0.25) is 5.91 Å². The fourth-order valence-electron chi connectivity index (χ4n) is 1.66. The number of hydrogen-bond acceptors (Lipinski definition) is 3. The molecule has 2 N–H and O–H groups in total. The predicted octanol–water partition coefficient (Wildman–Crippen LogP) is 1.90. The summed E-state index contributed by atoms with van der Waals surface area (Å²) in [5, 5.41) is 0. The van der Waals surface area contributed by atoms with Gasteiger partial charge in [-0.25, -0.2) is 0 Å². The maximum Gasteiger partial charge on any atom is 0.217 e. The Morgan fingerprint density at radius 3 is 2.47 bits per heavy atom. The molecule has 1 aromatic carbocycles. The van der Waals surface area contributed by atoms with Crippen molar-refractivity contribution in [2.75, 3.05) is 14.2 Å². The van der Waals surface area contributed by atoms with E-state index in [0.717, 1.165) is 30.8 Å². The molecule has 0 aliphatic rings. The van der Waals surface area contributed by atoms with Gasteiger partial charge in [-0.2, -0.15) is 0 Å². The number of carbonyl (C=O) groups is 1. The summed E-state index contributed by atoms with van der Waals surface area (Å²) < 4.78 is 10.4. The van der Waals surface area contributed by atoms with Crippen LogP contribution in [-0.2, 0) is 11.2 Å². The molecular formula is C13H19NO3. The first-order chi connectivity index (χ1) is 8.17. The third-order valence-corrected chi connectivity index (χ3v) is 2.59. The second-order valence-corrected chi connectivity index (χ2v) is 3.86. The third kappa shape index (κ3) is 4.34. The van der Waals surface area contributed by atoms with E-state index in [1.54, 1.807) is 14.2 Å². The average molecular weight is 237 g/mol. The monoisotopic (exact) mass is 237 g/mol. The van der Waals surface area contributed by atoms with Gasteiger partial charge in [0.1, 0.15) is 0 Å². The molecule has 0 spiro atoms. The van der Waals surface area contributed by atoms with Gasteiger partial charge in [-0.3, -0.25) is 4.79 Å². The van der Waals surface area contributed by atoms with Crippen LogP contribution < -0.4 is 15.2 Å². The molecule has 17 heavy (non-hydrogen) atoms. The normalized spacial score (nSPS) is 10.0. The van der Waals surface area contributed by atoms with Crippen molar-refractivity contribution >= 4 is 5.91 Å². The maximum absolute atomic E-state index is 10.6. The molecule has 0 saturated heterocycles. The molecule has 0 radical (unpaired) electrons. The molecule has 0 atom stereocenters. The van der Waals surface area contributed by atoms with Crippen LogP contribution in [0.25, 0.3) is 0 Å². The minimum Gasteiger partial charge on any atom is -0.493 e. The number of ether oxygens (including phenoxy) is 2. The zero-order valence-corrected chi connectivity index (χ0v) is 10.4. The van der Waals surface area contributed by atoms with Crippen LogP contribution in [0.15, 0.2) is 18.2 Å². The Labute approximate surface area is 102 Å². The molecule has 0 aliphatic heterocycles. The van der Waals surface area contributed by atoms with E-state index in [2.05, 4.69) is 0 Å². The lowest BCUT2D eigenvalue weighted by Crippen LogP contribution is -2.09. The lowest BCUT2D eigenvalue weighted by molar-refractivity contribution is -0.118. The van der Waals surface area contributed by atoms with Gasteiger partial charge in [0.05, 0.1) is 14.2 Å². The number of aryl methyl sites for hydroxylation is 1. The van der Waals surface area contributed by atoms with Gasteiger partial charge < -0.3 is 15.2 Å². The third-order valence-electron chi connectivity index (χ3n) is 2.59. The second-order valence-electron chi connectivity index (χ2n) is 3.86. The lowest BCUT2D eigenvalue weighted by atomic mass is 10.1. The van der Waals surface area contributed by atoms with Crippen molar-refractivity contribution in [2.24, 2.45) is 5.73 Å². The van der Waals surface area contributed by atoms with E-state index in [9.17, 15) is 4.79 Å². The van der Waals surface area contributed by atoms with Crippen molar-refractivity contribution < 1.29 is 14.3 Å². The second kappa shape index (κ2) is 6.78. The summed E-state index contributed by atoms with van der Waals surface area (Å²) in [5.74, 6) is 1.23. The van der Waals surface area contributed by atoms with E-state index in [4.69, 9.17) is 15.2 Å². The number of methoxy groups -OCH3 is 2. The smallest absolute Gasteiger partial charge is 0.217 e. The molecule has 1 amide bonds. The quantitative estimate of drug-likeness (QED) is 0.737. The molecule has 0 aliphatic carbocycles. The number of unbranched alkanes of at least 4 members (excludes halogenated alkanes) is 1. The Morgan fingerprint density at radius 2 is 1.88 bits per heavy atom. The van der Waals surface area contributed by atoms with E-state index in [0.29, 0.717) is 6.42 Å². The Kier molecular flexibility index (Phi) is 5.33. The molecule has 0 aromatic heterocycles. The highest BCUT2D eigenvalue weighted by Gasteiger charge is 2.04. The molecule has 4 heteroatoms. The summed E-state index contributed by atoms with van der Waals surface area (Å²) >= 11 is 0.